The van der Waals surface area contributed by atoms with Crippen molar-refractivity contribution < 1.29 is 4.79 Å². The normalized spacial score (nSPS) is 22.7. The molecule has 1 aliphatic heterocycles. The zero-order chi connectivity index (χ0) is 9.52. The predicted octanol–water partition coefficient (Wildman–Crippen LogP) is 0.595. The van der Waals surface area contributed by atoms with Crippen LogP contribution in [0.5, 0.6) is 0 Å². The number of rotatable bonds is 4. The Balaban J connectivity index is 2.11. The zero-order valence-corrected chi connectivity index (χ0v) is 8.74. The molecular weight excluding hydrogens is 184 g/mol. The van der Waals surface area contributed by atoms with Gasteiger partial charge in [0, 0.05) is 19.5 Å². The minimum Gasteiger partial charge on any atom is -0.355 e. The first-order valence-electron chi connectivity index (χ1n) is 4.87. The van der Waals surface area contributed by atoms with Crippen LogP contribution in [0.15, 0.2) is 0 Å². The van der Waals surface area contributed by atoms with E-state index in [1.807, 2.05) is 11.8 Å². The second-order valence-corrected chi connectivity index (χ2v) is 4.58. The van der Waals surface area contributed by atoms with Crippen molar-refractivity contribution >= 4 is 17.7 Å². The molecule has 76 valence electrons. The number of carbonyl (C=O) groups excluding carboxylic acids is 1. The van der Waals surface area contributed by atoms with Crippen molar-refractivity contribution in [2.45, 2.75) is 19.3 Å². The molecule has 1 heterocycles. The van der Waals surface area contributed by atoms with Crippen LogP contribution in [0.4, 0.5) is 0 Å². The summed E-state index contributed by atoms with van der Waals surface area (Å²) in [5, 5.41) is 2.81. The zero-order valence-electron chi connectivity index (χ0n) is 7.92. The average Bonchev–Trinajstić information content (AvgIpc) is 2.16. The SMILES string of the molecule is NCCNC(=O)CC1CCCSC1. The van der Waals surface area contributed by atoms with E-state index in [0.29, 0.717) is 25.4 Å². The van der Waals surface area contributed by atoms with E-state index in [-0.39, 0.29) is 5.91 Å². The van der Waals surface area contributed by atoms with Crippen LogP contribution in [0.1, 0.15) is 19.3 Å². The molecule has 0 aromatic carbocycles. The van der Waals surface area contributed by atoms with E-state index in [1.165, 1.54) is 18.6 Å². The Bertz CT molecular complexity index is 158. The molecule has 1 fully saturated rings. The molecule has 13 heavy (non-hydrogen) atoms. The quantitative estimate of drug-likeness (QED) is 0.701. The lowest BCUT2D eigenvalue weighted by atomic mass is 10.0. The van der Waals surface area contributed by atoms with Gasteiger partial charge >= 0.3 is 0 Å². The molecule has 1 unspecified atom stereocenters. The van der Waals surface area contributed by atoms with Gasteiger partial charge in [-0.05, 0) is 30.3 Å². The van der Waals surface area contributed by atoms with Crippen LogP contribution in [-0.2, 0) is 4.79 Å². The monoisotopic (exact) mass is 202 g/mol. The highest BCUT2D eigenvalue weighted by Gasteiger charge is 2.16. The summed E-state index contributed by atoms with van der Waals surface area (Å²) in [5.74, 6) is 3.17. The lowest BCUT2D eigenvalue weighted by Crippen LogP contribution is -2.31. The van der Waals surface area contributed by atoms with Crippen molar-refractivity contribution in [3.8, 4) is 0 Å². The van der Waals surface area contributed by atoms with Gasteiger partial charge in [-0.15, -0.1) is 0 Å². The fraction of sp³-hybridized carbons (Fsp3) is 0.889. The molecule has 0 aromatic heterocycles. The molecule has 0 aliphatic carbocycles. The second-order valence-electron chi connectivity index (χ2n) is 3.43. The number of thioether (sulfide) groups is 1. The predicted molar refractivity (Wildman–Crippen MR) is 56.7 cm³/mol. The van der Waals surface area contributed by atoms with Crippen molar-refractivity contribution in [3.63, 3.8) is 0 Å². The molecule has 1 atom stereocenters. The fourth-order valence-corrected chi connectivity index (χ4v) is 2.67. The average molecular weight is 202 g/mol. The Hall–Kier alpha value is -0.220. The van der Waals surface area contributed by atoms with Crippen molar-refractivity contribution in [3.05, 3.63) is 0 Å². The van der Waals surface area contributed by atoms with Gasteiger partial charge in [-0.3, -0.25) is 4.79 Å². The van der Waals surface area contributed by atoms with Crippen molar-refractivity contribution in [1.29, 1.82) is 0 Å². The number of nitrogens with two attached hydrogens (primary N) is 1. The lowest BCUT2D eigenvalue weighted by Gasteiger charge is -2.20. The van der Waals surface area contributed by atoms with Crippen LogP contribution in [0.25, 0.3) is 0 Å². The molecule has 4 heteroatoms. The van der Waals surface area contributed by atoms with Crippen LogP contribution >= 0.6 is 11.8 Å². The smallest absolute Gasteiger partial charge is 0.220 e. The van der Waals surface area contributed by atoms with E-state index in [0.717, 1.165) is 5.75 Å². The molecule has 0 bridgehead atoms. The van der Waals surface area contributed by atoms with Crippen LogP contribution in [0.3, 0.4) is 0 Å². The molecular formula is C9H18N2OS. The Morgan fingerprint density at radius 2 is 2.46 bits per heavy atom. The first-order valence-corrected chi connectivity index (χ1v) is 6.03. The number of nitrogens with one attached hydrogen (secondary N) is 1. The highest BCUT2D eigenvalue weighted by atomic mass is 32.2. The minimum atomic E-state index is 0.165. The van der Waals surface area contributed by atoms with Gasteiger partial charge in [-0.2, -0.15) is 11.8 Å². The van der Waals surface area contributed by atoms with Gasteiger partial charge in [0.05, 0.1) is 0 Å². The highest BCUT2D eigenvalue weighted by Crippen LogP contribution is 2.24. The van der Waals surface area contributed by atoms with Crippen LogP contribution in [-0.4, -0.2) is 30.5 Å². The molecule has 0 saturated carbocycles. The summed E-state index contributed by atoms with van der Waals surface area (Å²) in [6.45, 7) is 1.14. The summed E-state index contributed by atoms with van der Waals surface area (Å²) in [5.41, 5.74) is 5.29. The standard InChI is InChI=1S/C9H18N2OS/c10-3-4-11-9(12)6-8-2-1-5-13-7-8/h8H,1-7,10H2,(H,11,12). The molecule has 0 aromatic rings. The van der Waals surface area contributed by atoms with E-state index < -0.39 is 0 Å². The van der Waals surface area contributed by atoms with Crippen molar-refractivity contribution in [2.24, 2.45) is 11.7 Å². The topological polar surface area (TPSA) is 55.1 Å². The molecule has 1 aliphatic rings. The van der Waals surface area contributed by atoms with Gasteiger partial charge in [0.1, 0.15) is 0 Å². The maximum atomic E-state index is 11.3. The number of hydrogen-bond acceptors (Lipinski definition) is 3. The van der Waals surface area contributed by atoms with Crippen LogP contribution in [0, 0.1) is 5.92 Å². The number of amides is 1. The Morgan fingerprint density at radius 1 is 1.62 bits per heavy atom. The third kappa shape index (κ3) is 4.52. The van der Waals surface area contributed by atoms with Crippen molar-refractivity contribution in [1.82, 2.24) is 5.32 Å². The summed E-state index contributed by atoms with van der Waals surface area (Å²) in [4.78, 5) is 11.3. The number of carbonyl (C=O) groups is 1. The molecule has 0 radical (unpaired) electrons. The Kier molecular flexibility index (Phi) is 5.23. The van der Waals surface area contributed by atoms with Gasteiger partial charge in [-0.25, -0.2) is 0 Å². The lowest BCUT2D eigenvalue weighted by molar-refractivity contribution is -0.121. The van der Waals surface area contributed by atoms with E-state index in [2.05, 4.69) is 5.32 Å². The number of hydrogen-bond donors (Lipinski definition) is 2. The van der Waals surface area contributed by atoms with E-state index in [4.69, 9.17) is 5.73 Å². The van der Waals surface area contributed by atoms with Crippen molar-refractivity contribution in [2.75, 3.05) is 24.6 Å². The fourth-order valence-electron chi connectivity index (χ4n) is 1.51. The third-order valence-electron chi connectivity index (χ3n) is 2.20. The maximum Gasteiger partial charge on any atom is 0.220 e. The maximum absolute atomic E-state index is 11.3. The molecule has 1 amide bonds. The summed E-state index contributed by atoms with van der Waals surface area (Å²) >= 11 is 1.96. The Labute approximate surface area is 83.8 Å². The van der Waals surface area contributed by atoms with Crippen LogP contribution < -0.4 is 11.1 Å². The minimum absolute atomic E-state index is 0.165. The van der Waals surface area contributed by atoms with E-state index in [1.54, 1.807) is 0 Å². The summed E-state index contributed by atoms with van der Waals surface area (Å²) in [6, 6.07) is 0. The van der Waals surface area contributed by atoms with Gasteiger partial charge in [0.2, 0.25) is 5.91 Å². The summed E-state index contributed by atoms with van der Waals surface area (Å²) < 4.78 is 0. The van der Waals surface area contributed by atoms with Crippen LogP contribution in [0.2, 0.25) is 0 Å². The Morgan fingerprint density at radius 3 is 3.08 bits per heavy atom. The first-order chi connectivity index (χ1) is 6.33. The summed E-state index contributed by atoms with van der Waals surface area (Å²) in [7, 11) is 0. The highest BCUT2D eigenvalue weighted by molar-refractivity contribution is 7.99. The summed E-state index contributed by atoms with van der Waals surface area (Å²) in [6.07, 6.45) is 3.16. The molecule has 3 nitrogen and oxygen atoms in total. The van der Waals surface area contributed by atoms with E-state index in [9.17, 15) is 4.79 Å². The largest absolute Gasteiger partial charge is 0.355 e. The van der Waals surface area contributed by atoms with Gasteiger partial charge in [-0.1, -0.05) is 0 Å². The van der Waals surface area contributed by atoms with Gasteiger partial charge in [0.25, 0.3) is 0 Å². The molecule has 3 N–H and O–H groups in total. The third-order valence-corrected chi connectivity index (χ3v) is 3.48. The van der Waals surface area contributed by atoms with E-state index >= 15 is 0 Å². The first kappa shape index (κ1) is 10.9. The molecule has 1 rings (SSSR count). The van der Waals surface area contributed by atoms with Gasteiger partial charge < -0.3 is 11.1 Å². The van der Waals surface area contributed by atoms with Gasteiger partial charge in [0.15, 0.2) is 0 Å². The molecule has 1 saturated heterocycles. The second kappa shape index (κ2) is 6.27. The molecule has 0 spiro atoms.